The molecule has 17 heavy (non-hydrogen) atoms. The first-order valence-electron chi connectivity index (χ1n) is 4.81. The van der Waals surface area contributed by atoms with Gasteiger partial charge in [0.05, 0.1) is 0 Å². The summed E-state index contributed by atoms with van der Waals surface area (Å²) in [7, 11) is 0. The van der Waals surface area contributed by atoms with Crippen molar-refractivity contribution in [1.82, 2.24) is 19.8 Å². The maximum Gasteiger partial charge on any atom is 0.293 e. The monoisotopic (exact) mass is 245 g/mol. The molecule has 3 aromatic rings. The topological polar surface area (TPSA) is 86.2 Å². The Morgan fingerprint density at radius 2 is 2.00 bits per heavy atom. The molecule has 0 atom stereocenters. The van der Waals surface area contributed by atoms with E-state index < -0.39 is 0 Å². The van der Waals surface area contributed by atoms with Crippen molar-refractivity contribution in [2.45, 2.75) is 0 Å². The summed E-state index contributed by atoms with van der Waals surface area (Å²) in [6.45, 7) is 0. The normalized spacial score (nSPS) is 10.8. The molecule has 0 amide bonds. The van der Waals surface area contributed by atoms with Crippen LogP contribution in [0.15, 0.2) is 35.3 Å². The molecule has 1 aromatic carbocycles. The highest BCUT2D eigenvalue weighted by atomic mass is 32.1. The van der Waals surface area contributed by atoms with E-state index in [2.05, 4.69) is 15.3 Å². The Kier molecular flexibility index (Phi) is 2.12. The third kappa shape index (κ3) is 1.66. The van der Waals surface area contributed by atoms with Gasteiger partial charge in [-0.15, -0.1) is 5.10 Å². The van der Waals surface area contributed by atoms with Crippen LogP contribution in [0.1, 0.15) is 0 Å². The Morgan fingerprint density at radius 3 is 2.71 bits per heavy atom. The second-order valence-corrected chi connectivity index (χ2v) is 4.36. The van der Waals surface area contributed by atoms with Crippen molar-refractivity contribution in [3.63, 3.8) is 0 Å². The van der Waals surface area contributed by atoms with Crippen LogP contribution in [0.25, 0.3) is 15.5 Å². The summed E-state index contributed by atoms with van der Waals surface area (Å²) < 4.78 is 1.24. The van der Waals surface area contributed by atoms with Crippen LogP contribution >= 0.6 is 11.3 Å². The third-order valence-electron chi connectivity index (χ3n) is 2.24. The van der Waals surface area contributed by atoms with E-state index in [0.717, 1.165) is 11.8 Å². The summed E-state index contributed by atoms with van der Waals surface area (Å²) in [5, 5.41) is 12.4. The van der Waals surface area contributed by atoms with Gasteiger partial charge in [-0.1, -0.05) is 11.3 Å². The average Bonchev–Trinajstić information content (AvgIpc) is 2.75. The van der Waals surface area contributed by atoms with Gasteiger partial charge in [0, 0.05) is 11.3 Å². The second-order valence-electron chi connectivity index (χ2n) is 3.41. The molecule has 2 N–H and O–H groups in total. The van der Waals surface area contributed by atoms with Crippen LogP contribution in [-0.4, -0.2) is 19.8 Å². The lowest BCUT2D eigenvalue weighted by Crippen LogP contribution is -2.14. The van der Waals surface area contributed by atoms with Gasteiger partial charge in [-0.25, -0.2) is 0 Å². The van der Waals surface area contributed by atoms with E-state index in [1.165, 1.54) is 15.9 Å². The summed E-state index contributed by atoms with van der Waals surface area (Å²) in [6, 6.07) is 7.28. The highest BCUT2D eigenvalue weighted by Crippen LogP contribution is 2.24. The Hall–Kier alpha value is -2.28. The van der Waals surface area contributed by atoms with E-state index in [4.69, 9.17) is 5.73 Å². The van der Waals surface area contributed by atoms with Crippen LogP contribution in [0.4, 0.5) is 5.69 Å². The predicted octanol–water partition coefficient (Wildman–Crippen LogP) is 0.795. The van der Waals surface area contributed by atoms with Crippen molar-refractivity contribution in [2.24, 2.45) is 0 Å². The minimum atomic E-state index is -0.284. The molecule has 0 bridgehead atoms. The number of rotatable bonds is 1. The second kappa shape index (κ2) is 3.63. The van der Waals surface area contributed by atoms with Crippen LogP contribution < -0.4 is 11.3 Å². The Labute approximate surface area is 99.4 Å². The molecular formula is C10H7N5OS. The maximum absolute atomic E-state index is 11.5. The third-order valence-corrected chi connectivity index (χ3v) is 3.19. The molecule has 2 heterocycles. The number of nitrogen functional groups attached to an aromatic ring is 1. The molecule has 0 radical (unpaired) electrons. The highest BCUT2D eigenvalue weighted by Gasteiger charge is 2.08. The molecule has 2 aromatic heterocycles. The van der Waals surface area contributed by atoms with Gasteiger partial charge in [0.15, 0.2) is 0 Å². The number of benzene rings is 1. The summed E-state index contributed by atoms with van der Waals surface area (Å²) in [6.07, 6.45) is 1.14. The molecule has 0 aliphatic carbocycles. The molecule has 3 rings (SSSR count). The number of fused-ring (bicyclic) bond motifs is 1. The Morgan fingerprint density at radius 1 is 1.24 bits per heavy atom. The fourth-order valence-electron chi connectivity index (χ4n) is 1.41. The van der Waals surface area contributed by atoms with Gasteiger partial charge in [-0.05, 0) is 24.3 Å². The van der Waals surface area contributed by atoms with E-state index in [0.29, 0.717) is 15.7 Å². The van der Waals surface area contributed by atoms with E-state index in [-0.39, 0.29) is 5.56 Å². The van der Waals surface area contributed by atoms with Crippen LogP contribution in [0.3, 0.4) is 0 Å². The van der Waals surface area contributed by atoms with E-state index in [1.807, 2.05) is 12.1 Å². The minimum Gasteiger partial charge on any atom is -0.399 e. The smallest absolute Gasteiger partial charge is 0.293 e. The van der Waals surface area contributed by atoms with Crippen LogP contribution in [0.5, 0.6) is 0 Å². The SMILES string of the molecule is Nc1ccc(-c2nn3c(=O)cnnc3s2)cc1. The molecule has 6 nitrogen and oxygen atoms in total. The van der Waals surface area contributed by atoms with Crippen molar-refractivity contribution in [3.8, 4) is 10.6 Å². The lowest BCUT2D eigenvalue weighted by Gasteiger charge is -1.95. The van der Waals surface area contributed by atoms with Gasteiger partial charge in [0.1, 0.15) is 11.2 Å². The minimum absolute atomic E-state index is 0.284. The first-order chi connectivity index (χ1) is 8.24. The molecule has 0 spiro atoms. The number of nitrogens with two attached hydrogens (primary N) is 1. The molecular weight excluding hydrogens is 238 g/mol. The molecule has 0 unspecified atom stereocenters. The first-order valence-corrected chi connectivity index (χ1v) is 5.63. The zero-order chi connectivity index (χ0) is 11.8. The van der Waals surface area contributed by atoms with Gasteiger partial charge >= 0.3 is 0 Å². The number of hydrogen-bond acceptors (Lipinski definition) is 6. The molecule has 0 saturated heterocycles. The fraction of sp³-hybridized carbons (Fsp3) is 0. The van der Waals surface area contributed by atoms with Crippen LogP contribution in [0.2, 0.25) is 0 Å². The van der Waals surface area contributed by atoms with Gasteiger partial charge in [0.2, 0.25) is 4.96 Å². The van der Waals surface area contributed by atoms with Crippen molar-refractivity contribution >= 4 is 22.0 Å². The zero-order valence-corrected chi connectivity index (χ0v) is 9.39. The summed E-state index contributed by atoms with van der Waals surface area (Å²) in [5.74, 6) is 0. The zero-order valence-electron chi connectivity index (χ0n) is 8.57. The van der Waals surface area contributed by atoms with Crippen molar-refractivity contribution in [3.05, 3.63) is 40.8 Å². The molecule has 0 aliphatic rings. The lowest BCUT2D eigenvalue weighted by molar-refractivity contribution is 0.856. The lowest BCUT2D eigenvalue weighted by atomic mass is 10.2. The molecule has 0 saturated carbocycles. The van der Waals surface area contributed by atoms with E-state index in [1.54, 1.807) is 12.1 Å². The maximum atomic E-state index is 11.5. The van der Waals surface area contributed by atoms with E-state index >= 15 is 0 Å². The molecule has 0 fully saturated rings. The number of nitrogens with zero attached hydrogens (tertiary/aromatic N) is 4. The van der Waals surface area contributed by atoms with Crippen LogP contribution in [0, 0.1) is 0 Å². The molecule has 7 heteroatoms. The van der Waals surface area contributed by atoms with Gasteiger partial charge in [0.25, 0.3) is 5.56 Å². The summed E-state index contributed by atoms with van der Waals surface area (Å²) >= 11 is 1.31. The quantitative estimate of drug-likeness (QED) is 0.641. The average molecular weight is 245 g/mol. The molecule has 84 valence electrons. The number of hydrogen-bond donors (Lipinski definition) is 1. The summed E-state index contributed by atoms with van der Waals surface area (Å²) in [5.41, 5.74) is 6.91. The van der Waals surface area contributed by atoms with Gasteiger partial charge < -0.3 is 5.73 Å². The van der Waals surface area contributed by atoms with Gasteiger partial charge in [-0.2, -0.15) is 14.7 Å². The van der Waals surface area contributed by atoms with Crippen LogP contribution in [-0.2, 0) is 0 Å². The summed E-state index contributed by atoms with van der Waals surface area (Å²) in [4.78, 5) is 11.9. The standard InChI is InChI=1S/C10H7N5OS/c11-7-3-1-6(2-4-7)9-14-15-8(16)5-12-13-10(15)17-9/h1-5H,11H2. The van der Waals surface area contributed by atoms with Crippen molar-refractivity contribution in [2.75, 3.05) is 5.73 Å². The first kappa shape index (κ1) is 9.91. The molecule has 0 aliphatic heterocycles. The number of anilines is 1. The predicted molar refractivity (Wildman–Crippen MR) is 64.8 cm³/mol. The highest BCUT2D eigenvalue weighted by molar-refractivity contribution is 7.19. The van der Waals surface area contributed by atoms with Gasteiger partial charge in [-0.3, -0.25) is 4.79 Å². The Balaban J connectivity index is 2.21. The van der Waals surface area contributed by atoms with Crippen molar-refractivity contribution in [1.29, 1.82) is 0 Å². The number of aromatic nitrogens is 4. The fourth-order valence-corrected chi connectivity index (χ4v) is 2.27. The van der Waals surface area contributed by atoms with E-state index in [9.17, 15) is 4.79 Å². The largest absolute Gasteiger partial charge is 0.399 e. The Bertz CT molecular complexity index is 730. The van der Waals surface area contributed by atoms with Crippen molar-refractivity contribution < 1.29 is 0 Å².